The Morgan fingerprint density at radius 2 is 1.92 bits per heavy atom. The van der Waals surface area contributed by atoms with Gasteiger partial charge in [-0.3, -0.25) is 9.59 Å². The van der Waals surface area contributed by atoms with Crippen LogP contribution in [0.2, 0.25) is 0 Å². The molecule has 0 aliphatic carbocycles. The van der Waals surface area contributed by atoms with Crippen LogP contribution in [0.5, 0.6) is 0 Å². The molecule has 4 rings (SSSR count). The molecule has 2 aliphatic heterocycles. The molecule has 2 amide bonds. The van der Waals surface area contributed by atoms with Gasteiger partial charge >= 0.3 is 0 Å². The van der Waals surface area contributed by atoms with Crippen LogP contribution in [0.3, 0.4) is 0 Å². The zero-order valence-electron chi connectivity index (χ0n) is 12.8. The van der Waals surface area contributed by atoms with Crippen LogP contribution >= 0.6 is 15.9 Å². The molecule has 0 aromatic heterocycles. The number of anilines is 2. The van der Waals surface area contributed by atoms with Gasteiger partial charge in [-0.1, -0.05) is 28.1 Å². The number of benzene rings is 2. The van der Waals surface area contributed by atoms with Gasteiger partial charge in [0.05, 0.1) is 11.4 Å². The lowest BCUT2D eigenvalue weighted by Crippen LogP contribution is -2.44. The highest BCUT2D eigenvalue weighted by atomic mass is 79.9. The molecule has 2 unspecified atom stereocenters. The van der Waals surface area contributed by atoms with Crippen molar-refractivity contribution in [3.05, 3.63) is 58.6 Å². The second-order valence-corrected chi connectivity index (χ2v) is 7.00. The normalized spacial score (nSPS) is 21.7. The van der Waals surface area contributed by atoms with Crippen LogP contribution in [0.4, 0.5) is 11.4 Å². The van der Waals surface area contributed by atoms with E-state index < -0.39 is 0 Å². The zero-order chi connectivity index (χ0) is 16.7. The molecular formula is C18H16BrN3O2. The van der Waals surface area contributed by atoms with E-state index in [0.29, 0.717) is 18.5 Å². The van der Waals surface area contributed by atoms with E-state index in [-0.39, 0.29) is 23.9 Å². The van der Waals surface area contributed by atoms with Crippen molar-refractivity contribution in [1.82, 2.24) is 5.32 Å². The molecule has 0 saturated carbocycles. The summed E-state index contributed by atoms with van der Waals surface area (Å²) in [6, 6.07) is 14.7. The maximum Gasteiger partial charge on any atom is 0.251 e. The van der Waals surface area contributed by atoms with Gasteiger partial charge in [-0.25, -0.2) is 0 Å². The fourth-order valence-electron chi connectivity index (χ4n) is 3.37. The number of hydrogen-bond acceptors (Lipinski definition) is 3. The molecule has 24 heavy (non-hydrogen) atoms. The number of halogens is 1. The average molecular weight is 386 g/mol. The summed E-state index contributed by atoms with van der Waals surface area (Å²) in [5.41, 5.74) is 2.47. The number of fused-ring (bicyclic) bond motifs is 3. The fourth-order valence-corrected chi connectivity index (χ4v) is 3.64. The van der Waals surface area contributed by atoms with E-state index in [9.17, 15) is 9.59 Å². The smallest absolute Gasteiger partial charge is 0.251 e. The quantitative estimate of drug-likeness (QED) is 0.835. The molecule has 0 radical (unpaired) electrons. The minimum Gasteiger partial charge on any atom is -0.356 e. The first kappa shape index (κ1) is 15.2. The van der Waals surface area contributed by atoms with Crippen molar-refractivity contribution in [1.29, 1.82) is 0 Å². The Morgan fingerprint density at radius 1 is 1.17 bits per heavy atom. The van der Waals surface area contributed by atoms with E-state index in [1.807, 2.05) is 36.4 Å². The molecule has 1 saturated heterocycles. The SMILES string of the molecule is O=C(NC1CC2C(=O)Nc3ccccc3N2C1)c1ccc(Br)cc1. The first-order chi connectivity index (χ1) is 11.6. The molecule has 0 bridgehead atoms. The van der Waals surface area contributed by atoms with Crippen LogP contribution in [0.15, 0.2) is 53.0 Å². The Hall–Kier alpha value is -2.34. The summed E-state index contributed by atoms with van der Waals surface area (Å²) in [6.45, 7) is 0.636. The number of rotatable bonds is 2. The predicted octanol–water partition coefficient (Wildman–Crippen LogP) is 2.78. The maximum absolute atomic E-state index is 12.4. The monoisotopic (exact) mass is 385 g/mol. The number of amides is 2. The molecule has 2 heterocycles. The number of nitrogens with one attached hydrogen (secondary N) is 2. The first-order valence-electron chi connectivity index (χ1n) is 7.85. The van der Waals surface area contributed by atoms with Gasteiger partial charge in [0.2, 0.25) is 5.91 Å². The zero-order valence-corrected chi connectivity index (χ0v) is 14.4. The number of carbonyl (C=O) groups excluding carboxylic acids is 2. The van der Waals surface area contributed by atoms with Gasteiger partial charge < -0.3 is 15.5 Å². The van der Waals surface area contributed by atoms with Gasteiger partial charge in [0.25, 0.3) is 5.91 Å². The van der Waals surface area contributed by atoms with Crippen LogP contribution in [-0.2, 0) is 4.79 Å². The predicted molar refractivity (Wildman–Crippen MR) is 96.2 cm³/mol. The Morgan fingerprint density at radius 3 is 2.71 bits per heavy atom. The Kier molecular flexibility index (Phi) is 3.76. The highest BCUT2D eigenvalue weighted by Gasteiger charge is 2.41. The van der Waals surface area contributed by atoms with Gasteiger partial charge in [-0.2, -0.15) is 0 Å². The van der Waals surface area contributed by atoms with E-state index in [4.69, 9.17) is 0 Å². The third-order valence-electron chi connectivity index (χ3n) is 4.52. The Bertz CT molecular complexity index is 806. The second-order valence-electron chi connectivity index (χ2n) is 6.09. The molecule has 2 N–H and O–H groups in total. The highest BCUT2D eigenvalue weighted by Crippen LogP contribution is 2.36. The molecule has 0 spiro atoms. The third-order valence-corrected chi connectivity index (χ3v) is 5.05. The summed E-state index contributed by atoms with van der Waals surface area (Å²) in [7, 11) is 0. The Balaban J connectivity index is 1.51. The maximum atomic E-state index is 12.4. The van der Waals surface area contributed by atoms with Crippen LogP contribution in [0, 0.1) is 0 Å². The summed E-state index contributed by atoms with van der Waals surface area (Å²) in [6.07, 6.45) is 0.614. The molecule has 2 aromatic rings. The van der Waals surface area contributed by atoms with E-state index in [2.05, 4.69) is 31.5 Å². The van der Waals surface area contributed by atoms with Gasteiger partial charge in [-0.15, -0.1) is 0 Å². The minimum absolute atomic E-state index is 0.00547. The summed E-state index contributed by atoms with van der Waals surface area (Å²) < 4.78 is 0.935. The number of hydrogen-bond donors (Lipinski definition) is 2. The van der Waals surface area contributed by atoms with E-state index in [1.54, 1.807) is 12.1 Å². The number of carbonyl (C=O) groups is 2. The molecule has 1 fully saturated rings. The van der Waals surface area contributed by atoms with Gasteiger partial charge in [0, 0.05) is 22.6 Å². The largest absolute Gasteiger partial charge is 0.356 e. The summed E-state index contributed by atoms with van der Waals surface area (Å²) in [4.78, 5) is 26.8. The van der Waals surface area contributed by atoms with E-state index >= 15 is 0 Å². The van der Waals surface area contributed by atoms with Crippen molar-refractivity contribution >= 4 is 39.1 Å². The summed E-state index contributed by atoms with van der Waals surface area (Å²) in [5.74, 6) is -0.116. The fraction of sp³-hybridized carbons (Fsp3) is 0.222. The minimum atomic E-state index is -0.227. The van der Waals surface area contributed by atoms with Gasteiger partial charge in [0.1, 0.15) is 6.04 Å². The number of nitrogens with zero attached hydrogens (tertiary/aromatic N) is 1. The van der Waals surface area contributed by atoms with Gasteiger partial charge in [-0.05, 0) is 42.8 Å². The number of para-hydroxylation sites is 2. The lowest BCUT2D eigenvalue weighted by molar-refractivity contribution is -0.117. The van der Waals surface area contributed by atoms with Crippen molar-refractivity contribution in [3.8, 4) is 0 Å². The van der Waals surface area contributed by atoms with Crippen molar-refractivity contribution in [3.63, 3.8) is 0 Å². The summed E-state index contributed by atoms with van der Waals surface area (Å²) >= 11 is 3.36. The third kappa shape index (κ3) is 2.67. The second kappa shape index (κ2) is 5.94. The molecule has 122 valence electrons. The Labute approximate surface area is 148 Å². The van der Waals surface area contributed by atoms with Gasteiger partial charge in [0.15, 0.2) is 0 Å². The lowest BCUT2D eigenvalue weighted by atomic mass is 10.1. The molecule has 6 heteroatoms. The van der Waals surface area contributed by atoms with Crippen LogP contribution < -0.4 is 15.5 Å². The van der Waals surface area contributed by atoms with Crippen LogP contribution in [0.25, 0.3) is 0 Å². The first-order valence-corrected chi connectivity index (χ1v) is 8.64. The standard InChI is InChI=1S/C18H16BrN3O2/c19-12-7-5-11(6-8-12)17(23)20-13-9-16-18(24)21-14-3-1-2-4-15(14)22(16)10-13/h1-8,13,16H,9-10H2,(H,20,23)(H,21,24). The summed E-state index contributed by atoms with van der Waals surface area (Å²) in [5, 5.41) is 5.99. The molecule has 2 aromatic carbocycles. The molecule has 2 aliphatic rings. The van der Waals surface area contributed by atoms with Crippen molar-refractivity contribution in [2.45, 2.75) is 18.5 Å². The van der Waals surface area contributed by atoms with E-state index in [1.165, 1.54) is 0 Å². The van der Waals surface area contributed by atoms with Crippen molar-refractivity contribution < 1.29 is 9.59 Å². The van der Waals surface area contributed by atoms with Crippen molar-refractivity contribution in [2.24, 2.45) is 0 Å². The van der Waals surface area contributed by atoms with Crippen LogP contribution in [0.1, 0.15) is 16.8 Å². The van der Waals surface area contributed by atoms with E-state index in [0.717, 1.165) is 15.8 Å². The molecule has 2 atom stereocenters. The topological polar surface area (TPSA) is 61.4 Å². The highest BCUT2D eigenvalue weighted by molar-refractivity contribution is 9.10. The van der Waals surface area contributed by atoms with Crippen LogP contribution in [-0.4, -0.2) is 30.4 Å². The lowest BCUT2D eigenvalue weighted by Gasteiger charge is -2.32. The average Bonchev–Trinajstić information content (AvgIpc) is 3.00. The molecular weight excluding hydrogens is 370 g/mol. The van der Waals surface area contributed by atoms with Crippen molar-refractivity contribution in [2.75, 3.05) is 16.8 Å². The molecule has 5 nitrogen and oxygen atoms in total.